The van der Waals surface area contributed by atoms with Gasteiger partial charge in [-0.15, -0.1) is 0 Å². The molecule has 0 bridgehead atoms. The van der Waals surface area contributed by atoms with Crippen LogP contribution in [0, 0.1) is 6.92 Å². The second-order valence-corrected chi connectivity index (χ2v) is 7.09. The summed E-state index contributed by atoms with van der Waals surface area (Å²) in [5, 5.41) is 16.0. The van der Waals surface area contributed by atoms with E-state index in [1.54, 1.807) is 36.7 Å². The Morgan fingerprint density at radius 2 is 1.62 bits per heavy atom. The van der Waals surface area contributed by atoms with Crippen molar-refractivity contribution in [1.82, 2.24) is 9.78 Å². The molecule has 0 spiro atoms. The number of aryl methyl sites for hydroxylation is 1. The van der Waals surface area contributed by atoms with Crippen molar-refractivity contribution in [3.05, 3.63) is 69.8 Å². The molecule has 0 unspecified atom stereocenters. The maximum absolute atomic E-state index is 10.4. The van der Waals surface area contributed by atoms with E-state index >= 15 is 0 Å². The Morgan fingerprint density at radius 3 is 2.21 bits per heavy atom. The van der Waals surface area contributed by atoms with Gasteiger partial charge in [0.1, 0.15) is 11.3 Å². The lowest BCUT2D eigenvalue weighted by molar-refractivity contribution is 0.0734. The van der Waals surface area contributed by atoms with Gasteiger partial charge < -0.3 is 5.11 Å². The van der Waals surface area contributed by atoms with Crippen molar-refractivity contribution in [3.63, 3.8) is 0 Å². The molecule has 0 saturated heterocycles. The molecule has 1 heterocycles. The number of rotatable bonds is 3. The third-order valence-corrected chi connectivity index (χ3v) is 4.52. The van der Waals surface area contributed by atoms with Crippen LogP contribution in [0.25, 0.3) is 16.9 Å². The zero-order valence-corrected chi connectivity index (χ0v) is 15.2. The summed E-state index contributed by atoms with van der Waals surface area (Å²) in [6.45, 7) is 5.44. The topological polar surface area (TPSA) is 38.1 Å². The number of hydrogen-bond acceptors (Lipinski definition) is 2. The Balaban J connectivity index is 2.33. The standard InChI is InChI=1S/C19H18Cl2N2O/c1-12-7-4-5-8-13(12)16-11-17(19(2,3)24)22-23(16)18-14(20)9-6-10-15(18)21/h4-11,24H,1-3H3. The zero-order chi connectivity index (χ0) is 17.5. The molecule has 0 aliphatic carbocycles. The van der Waals surface area contributed by atoms with E-state index in [9.17, 15) is 5.11 Å². The van der Waals surface area contributed by atoms with E-state index in [4.69, 9.17) is 23.2 Å². The predicted molar refractivity (Wildman–Crippen MR) is 99.0 cm³/mol. The Hall–Kier alpha value is -1.81. The Kier molecular flexibility index (Phi) is 4.43. The summed E-state index contributed by atoms with van der Waals surface area (Å²) in [7, 11) is 0. The fraction of sp³-hybridized carbons (Fsp3) is 0.211. The third kappa shape index (κ3) is 3.07. The highest BCUT2D eigenvalue weighted by atomic mass is 35.5. The SMILES string of the molecule is Cc1ccccc1-c1cc(C(C)(C)O)nn1-c1c(Cl)cccc1Cl. The minimum atomic E-state index is -1.07. The molecule has 1 aromatic heterocycles. The van der Waals surface area contributed by atoms with Crippen LogP contribution in [0.2, 0.25) is 10.0 Å². The minimum absolute atomic E-state index is 0.503. The van der Waals surface area contributed by atoms with E-state index in [1.165, 1.54) is 0 Å². The van der Waals surface area contributed by atoms with Gasteiger partial charge in [-0.05, 0) is 44.5 Å². The average Bonchev–Trinajstić information content (AvgIpc) is 2.92. The van der Waals surface area contributed by atoms with Crippen molar-refractivity contribution in [2.24, 2.45) is 0 Å². The van der Waals surface area contributed by atoms with Gasteiger partial charge in [-0.3, -0.25) is 0 Å². The fourth-order valence-corrected chi connectivity index (χ4v) is 3.15. The monoisotopic (exact) mass is 360 g/mol. The number of para-hydroxylation sites is 1. The van der Waals surface area contributed by atoms with E-state index in [2.05, 4.69) is 5.10 Å². The molecule has 0 fully saturated rings. The molecular formula is C19H18Cl2N2O. The summed E-state index contributed by atoms with van der Waals surface area (Å²) in [6, 6.07) is 15.2. The van der Waals surface area contributed by atoms with Crippen LogP contribution in [0.3, 0.4) is 0 Å². The molecule has 0 saturated carbocycles. The van der Waals surface area contributed by atoms with Crippen LogP contribution in [-0.4, -0.2) is 14.9 Å². The first-order valence-corrected chi connectivity index (χ1v) is 8.38. The van der Waals surface area contributed by atoms with E-state index < -0.39 is 5.60 Å². The predicted octanol–water partition coefficient (Wildman–Crippen LogP) is 5.38. The zero-order valence-electron chi connectivity index (χ0n) is 13.7. The molecule has 0 aliphatic rings. The van der Waals surface area contributed by atoms with Crippen molar-refractivity contribution in [2.45, 2.75) is 26.4 Å². The second-order valence-electron chi connectivity index (χ2n) is 6.27. The van der Waals surface area contributed by atoms with E-state index in [1.807, 2.05) is 37.3 Å². The lowest BCUT2D eigenvalue weighted by atomic mass is 10.0. The molecule has 0 radical (unpaired) electrons. The normalized spacial score (nSPS) is 11.8. The molecule has 0 aliphatic heterocycles. The molecular weight excluding hydrogens is 343 g/mol. The van der Waals surface area contributed by atoms with Crippen molar-refractivity contribution in [1.29, 1.82) is 0 Å². The van der Waals surface area contributed by atoms with Crippen LogP contribution in [0.5, 0.6) is 0 Å². The molecule has 3 nitrogen and oxygen atoms in total. The van der Waals surface area contributed by atoms with Gasteiger partial charge in [0.25, 0.3) is 0 Å². The van der Waals surface area contributed by atoms with Crippen LogP contribution in [0.4, 0.5) is 0 Å². The largest absolute Gasteiger partial charge is 0.384 e. The van der Waals surface area contributed by atoms with Crippen molar-refractivity contribution in [2.75, 3.05) is 0 Å². The van der Waals surface area contributed by atoms with Gasteiger partial charge >= 0.3 is 0 Å². The number of halogens is 2. The third-order valence-electron chi connectivity index (χ3n) is 3.91. The number of nitrogens with zero attached hydrogens (tertiary/aromatic N) is 2. The number of aromatic nitrogens is 2. The van der Waals surface area contributed by atoms with Gasteiger partial charge in [0.2, 0.25) is 0 Å². The highest BCUT2D eigenvalue weighted by molar-refractivity contribution is 6.37. The van der Waals surface area contributed by atoms with Crippen molar-refractivity contribution >= 4 is 23.2 Å². The molecule has 5 heteroatoms. The van der Waals surface area contributed by atoms with Gasteiger partial charge in [0, 0.05) is 5.56 Å². The van der Waals surface area contributed by atoms with E-state index in [0.29, 0.717) is 21.4 Å². The average molecular weight is 361 g/mol. The van der Waals surface area contributed by atoms with Crippen molar-refractivity contribution < 1.29 is 5.11 Å². The Labute approximate surface area is 151 Å². The molecule has 0 amide bonds. The lowest BCUT2D eigenvalue weighted by Crippen LogP contribution is -2.16. The summed E-state index contributed by atoms with van der Waals surface area (Å²) < 4.78 is 1.71. The van der Waals surface area contributed by atoms with Crippen LogP contribution < -0.4 is 0 Å². The molecule has 3 rings (SSSR count). The first-order valence-electron chi connectivity index (χ1n) is 7.62. The molecule has 24 heavy (non-hydrogen) atoms. The first-order chi connectivity index (χ1) is 11.3. The summed E-state index contributed by atoms with van der Waals surface area (Å²) in [5.41, 5.74) is 3.03. The quantitative estimate of drug-likeness (QED) is 0.680. The van der Waals surface area contributed by atoms with Gasteiger partial charge in [0.05, 0.1) is 21.4 Å². The molecule has 2 aromatic carbocycles. The van der Waals surface area contributed by atoms with Gasteiger partial charge in [-0.1, -0.05) is 53.5 Å². The molecule has 124 valence electrons. The van der Waals surface area contributed by atoms with E-state index in [-0.39, 0.29) is 0 Å². The summed E-state index contributed by atoms with van der Waals surface area (Å²) in [6.07, 6.45) is 0. The molecule has 3 aromatic rings. The maximum atomic E-state index is 10.4. The Morgan fingerprint density at radius 1 is 1.00 bits per heavy atom. The fourth-order valence-electron chi connectivity index (χ4n) is 2.59. The molecule has 1 N–H and O–H groups in total. The first kappa shape index (κ1) is 17.0. The smallest absolute Gasteiger partial charge is 0.103 e. The van der Waals surface area contributed by atoms with Crippen LogP contribution >= 0.6 is 23.2 Å². The lowest BCUT2D eigenvalue weighted by Gasteiger charge is -2.14. The minimum Gasteiger partial charge on any atom is -0.384 e. The van der Waals surface area contributed by atoms with E-state index in [0.717, 1.165) is 16.8 Å². The second kappa shape index (κ2) is 6.25. The Bertz CT molecular complexity index is 874. The maximum Gasteiger partial charge on any atom is 0.103 e. The summed E-state index contributed by atoms with van der Waals surface area (Å²) in [4.78, 5) is 0. The van der Waals surface area contributed by atoms with Crippen LogP contribution in [0.15, 0.2) is 48.5 Å². The molecule has 0 atom stereocenters. The van der Waals surface area contributed by atoms with Crippen molar-refractivity contribution in [3.8, 4) is 16.9 Å². The van der Waals surface area contributed by atoms with Gasteiger partial charge in [0.15, 0.2) is 0 Å². The summed E-state index contributed by atoms with van der Waals surface area (Å²) in [5.74, 6) is 0. The number of hydrogen-bond donors (Lipinski definition) is 1. The van der Waals surface area contributed by atoms with Crippen LogP contribution in [0.1, 0.15) is 25.1 Å². The highest BCUT2D eigenvalue weighted by Crippen LogP contribution is 2.35. The van der Waals surface area contributed by atoms with Crippen LogP contribution in [-0.2, 0) is 5.60 Å². The van der Waals surface area contributed by atoms with Gasteiger partial charge in [-0.25, -0.2) is 4.68 Å². The summed E-state index contributed by atoms with van der Waals surface area (Å²) >= 11 is 12.8. The number of benzene rings is 2. The number of aliphatic hydroxyl groups is 1. The highest BCUT2D eigenvalue weighted by Gasteiger charge is 2.25. The van der Waals surface area contributed by atoms with Gasteiger partial charge in [-0.2, -0.15) is 5.10 Å².